The Kier molecular flexibility index (Phi) is 4.63. The second-order valence-electron chi connectivity index (χ2n) is 3.43. The highest BCUT2D eigenvalue weighted by Gasteiger charge is 2.14. The fourth-order valence-corrected chi connectivity index (χ4v) is 1.50. The Labute approximate surface area is 101 Å². The molecule has 0 radical (unpaired) electrons. The van der Waals surface area contributed by atoms with Crippen LogP contribution in [0.5, 0.6) is 17.2 Å². The van der Waals surface area contributed by atoms with Crippen molar-refractivity contribution < 1.29 is 19.0 Å². The molecule has 1 aromatic carbocycles. The lowest BCUT2D eigenvalue weighted by Gasteiger charge is -2.20. The number of aldehydes is 1. The van der Waals surface area contributed by atoms with Crippen LogP contribution < -0.4 is 19.1 Å². The van der Waals surface area contributed by atoms with Crippen molar-refractivity contribution in [3.63, 3.8) is 0 Å². The zero-order valence-corrected chi connectivity index (χ0v) is 10.5. The van der Waals surface area contributed by atoms with E-state index in [9.17, 15) is 4.79 Å². The van der Waals surface area contributed by atoms with Crippen LogP contribution in [0, 0.1) is 0 Å². The number of benzene rings is 1. The first kappa shape index (κ1) is 13.2. The van der Waals surface area contributed by atoms with Crippen molar-refractivity contribution in [3.8, 4) is 17.2 Å². The lowest BCUT2D eigenvalue weighted by atomic mass is 10.2. The topological polar surface area (TPSA) is 48.0 Å². The molecule has 0 spiro atoms. The van der Waals surface area contributed by atoms with E-state index in [1.54, 1.807) is 38.4 Å². The normalized spacial score (nSPS) is 9.65. The van der Waals surface area contributed by atoms with E-state index in [1.165, 1.54) is 0 Å². The summed E-state index contributed by atoms with van der Waals surface area (Å²) in [4.78, 5) is 12.3. The Balaban J connectivity index is 3.21. The van der Waals surface area contributed by atoms with Gasteiger partial charge in [0.05, 0.1) is 27.9 Å². The third-order valence-electron chi connectivity index (χ3n) is 2.44. The second-order valence-corrected chi connectivity index (χ2v) is 3.43. The molecule has 17 heavy (non-hydrogen) atoms. The Morgan fingerprint density at radius 1 is 1.12 bits per heavy atom. The molecular weight excluding hydrogens is 222 g/mol. The van der Waals surface area contributed by atoms with E-state index in [0.717, 1.165) is 12.0 Å². The van der Waals surface area contributed by atoms with Gasteiger partial charge in [0, 0.05) is 24.9 Å². The highest BCUT2D eigenvalue weighted by atomic mass is 16.5. The number of ether oxygens (including phenoxy) is 3. The van der Waals surface area contributed by atoms with Gasteiger partial charge in [-0.25, -0.2) is 0 Å². The third-order valence-corrected chi connectivity index (χ3v) is 2.44. The fraction of sp³-hybridized carbons (Fsp3) is 0.417. The van der Waals surface area contributed by atoms with Gasteiger partial charge in [-0.1, -0.05) is 0 Å². The summed E-state index contributed by atoms with van der Waals surface area (Å²) in [5.74, 6) is 1.68. The van der Waals surface area contributed by atoms with Crippen LogP contribution in [0.2, 0.25) is 0 Å². The van der Waals surface area contributed by atoms with Crippen molar-refractivity contribution in [2.45, 2.75) is 0 Å². The lowest BCUT2D eigenvalue weighted by Crippen LogP contribution is -2.19. The number of carbonyl (C=O) groups is 1. The summed E-state index contributed by atoms with van der Waals surface area (Å²) in [6.07, 6.45) is 0.836. The summed E-state index contributed by atoms with van der Waals surface area (Å²) in [7, 11) is 6.48. The molecule has 0 aliphatic carbocycles. The van der Waals surface area contributed by atoms with Gasteiger partial charge in [-0.15, -0.1) is 0 Å². The van der Waals surface area contributed by atoms with Gasteiger partial charge in [0.25, 0.3) is 0 Å². The fourth-order valence-electron chi connectivity index (χ4n) is 1.50. The molecular formula is C12H17NO4. The molecule has 5 nitrogen and oxygen atoms in total. The van der Waals surface area contributed by atoms with Crippen LogP contribution in [-0.2, 0) is 4.79 Å². The highest BCUT2D eigenvalue weighted by Crippen LogP contribution is 2.40. The summed E-state index contributed by atoms with van der Waals surface area (Å²) >= 11 is 0. The van der Waals surface area contributed by atoms with Gasteiger partial charge >= 0.3 is 0 Å². The van der Waals surface area contributed by atoms with Gasteiger partial charge in [-0.2, -0.15) is 0 Å². The number of hydrogen-bond donors (Lipinski definition) is 0. The molecule has 0 atom stereocenters. The Morgan fingerprint density at radius 2 is 1.65 bits per heavy atom. The molecule has 0 saturated heterocycles. The number of likely N-dealkylation sites (N-methyl/N-ethyl adjacent to an activating group) is 1. The largest absolute Gasteiger partial charge is 0.493 e. The van der Waals surface area contributed by atoms with E-state index in [0.29, 0.717) is 23.8 Å². The van der Waals surface area contributed by atoms with Crippen molar-refractivity contribution >= 4 is 12.0 Å². The standard InChI is InChI=1S/C12H17NO4/c1-13(5-6-14)9-7-10(15-2)12(17-4)11(8-9)16-3/h6-8H,5H2,1-4H3. The number of carbonyl (C=O) groups excluding carboxylic acids is 1. The van der Waals surface area contributed by atoms with Crippen molar-refractivity contribution in [3.05, 3.63) is 12.1 Å². The first-order valence-corrected chi connectivity index (χ1v) is 5.12. The monoisotopic (exact) mass is 239 g/mol. The molecule has 94 valence electrons. The molecule has 0 unspecified atom stereocenters. The van der Waals surface area contributed by atoms with Gasteiger partial charge in [0.1, 0.15) is 6.29 Å². The first-order chi connectivity index (χ1) is 8.17. The lowest BCUT2D eigenvalue weighted by molar-refractivity contribution is -0.106. The van der Waals surface area contributed by atoms with Crippen molar-refractivity contribution in [1.29, 1.82) is 0 Å². The summed E-state index contributed by atoms with van der Waals surface area (Å²) in [5, 5.41) is 0. The van der Waals surface area contributed by atoms with Gasteiger partial charge < -0.3 is 23.9 Å². The van der Waals surface area contributed by atoms with E-state index in [-0.39, 0.29) is 0 Å². The van der Waals surface area contributed by atoms with Gasteiger partial charge in [-0.3, -0.25) is 0 Å². The summed E-state index contributed by atoms with van der Waals surface area (Å²) in [5.41, 5.74) is 0.826. The zero-order chi connectivity index (χ0) is 12.8. The molecule has 0 aliphatic heterocycles. The molecule has 0 aromatic heterocycles. The minimum atomic E-state index is 0.304. The Hall–Kier alpha value is -1.91. The van der Waals surface area contributed by atoms with E-state index < -0.39 is 0 Å². The van der Waals surface area contributed by atoms with Crippen LogP contribution in [0.1, 0.15) is 0 Å². The van der Waals surface area contributed by atoms with Crippen molar-refractivity contribution in [2.24, 2.45) is 0 Å². The Morgan fingerprint density at radius 3 is 2.00 bits per heavy atom. The maximum Gasteiger partial charge on any atom is 0.203 e. The summed E-state index contributed by atoms with van der Waals surface area (Å²) < 4.78 is 15.7. The maximum atomic E-state index is 10.5. The average molecular weight is 239 g/mol. The quantitative estimate of drug-likeness (QED) is 0.701. The Bertz CT molecular complexity index is 367. The number of methoxy groups -OCH3 is 3. The van der Waals surface area contributed by atoms with Crippen LogP contribution in [-0.4, -0.2) is 41.2 Å². The summed E-state index contributed by atoms with van der Waals surface area (Å²) in [6.45, 7) is 0.304. The average Bonchev–Trinajstić information content (AvgIpc) is 2.37. The molecule has 0 aliphatic rings. The zero-order valence-electron chi connectivity index (χ0n) is 10.5. The molecule has 0 saturated carbocycles. The van der Waals surface area contributed by atoms with E-state index in [2.05, 4.69) is 0 Å². The smallest absolute Gasteiger partial charge is 0.203 e. The van der Waals surface area contributed by atoms with Crippen LogP contribution in [0.4, 0.5) is 5.69 Å². The van der Waals surface area contributed by atoms with Gasteiger partial charge in [0.2, 0.25) is 5.75 Å². The second kappa shape index (κ2) is 5.98. The van der Waals surface area contributed by atoms with Gasteiger partial charge in [0.15, 0.2) is 11.5 Å². The van der Waals surface area contributed by atoms with E-state index >= 15 is 0 Å². The summed E-state index contributed by atoms with van der Waals surface area (Å²) in [6, 6.07) is 3.59. The molecule has 1 aromatic rings. The number of nitrogens with zero attached hydrogens (tertiary/aromatic N) is 1. The van der Waals surface area contributed by atoms with Crippen LogP contribution >= 0.6 is 0 Å². The third kappa shape index (κ3) is 2.81. The predicted molar refractivity (Wildman–Crippen MR) is 65.4 cm³/mol. The molecule has 0 heterocycles. The van der Waals surface area contributed by atoms with E-state index in [4.69, 9.17) is 14.2 Å². The molecule has 0 fully saturated rings. The predicted octanol–water partition coefficient (Wildman–Crippen LogP) is 1.35. The van der Waals surface area contributed by atoms with E-state index in [1.807, 2.05) is 7.05 Å². The van der Waals surface area contributed by atoms with Crippen LogP contribution in [0.15, 0.2) is 12.1 Å². The van der Waals surface area contributed by atoms with Crippen molar-refractivity contribution in [2.75, 3.05) is 39.8 Å². The molecule has 0 amide bonds. The number of rotatable bonds is 6. The number of hydrogen-bond acceptors (Lipinski definition) is 5. The molecule has 1 rings (SSSR count). The van der Waals surface area contributed by atoms with Crippen LogP contribution in [0.25, 0.3) is 0 Å². The highest BCUT2D eigenvalue weighted by molar-refractivity contribution is 5.67. The van der Waals surface area contributed by atoms with Gasteiger partial charge in [-0.05, 0) is 0 Å². The maximum absolute atomic E-state index is 10.5. The molecule has 0 bridgehead atoms. The van der Waals surface area contributed by atoms with Crippen LogP contribution in [0.3, 0.4) is 0 Å². The van der Waals surface area contributed by atoms with Crippen molar-refractivity contribution in [1.82, 2.24) is 0 Å². The first-order valence-electron chi connectivity index (χ1n) is 5.12. The SMILES string of the molecule is COc1cc(N(C)CC=O)cc(OC)c1OC. The minimum Gasteiger partial charge on any atom is -0.493 e. The number of anilines is 1. The molecule has 5 heteroatoms. The molecule has 0 N–H and O–H groups in total. The minimum absolute atomic E-state index is 0.304.